The van der Waals surface area contributed by atoms with Gasteiger partial charge in [-0.15, -0.1) is 0 Å². The van der Waals surface area contributed by atoms with E-state index in [-0.39, 0.29) is 23.4 Å². The Morgan fingerprint density at radius 3 is 2.56 bits per heavy atom. The van der Waals surface area contributed by atoms with Crippen LogP contribution in [0, 0.1) is 6.92 Å². The summed E-state index contributed by atoms with van der Waals surface area (Å²) in [7, 11) is 2.95. The highest BCUT2D eigenvalue weighted by Crippen LogP contribution is 2.42. The number of nitrogens with zero attached hydrogens (tertiary/aromatic N) is 2. The summed E-state index contributed by atoms with van der Waals surface area (Å²) < 4.78 is 16.4. The van der Waals surface area contributed by atoms with Gasteiger partial charge in [0.2, 0.25) is 0 Å². The van der Waals surface area contributed by atoms with Crippen LogP contribution in [0.25, 0.3) is 5.76 Å². The lowest BCUT2D eigenvalue weighted by Crippen LogP contribution is -2.29. The van der Waals surface area contributed by atoms with Crippen molar-refractivity contribution >= 4 is 17.4 Å². The molecule has 1 aromatic carbocycles. The van der Waals surface area contributed by atoms with E-state index in [1.54, 1.807) is 61.7 Å². The van der Waals surface area contributed by atoms with Gasteiger partial charge < -0.3 is 23.9 Å². The van der Waals surface area contributed by atoms with Crippen molar-refractivity contribution in [2.45, 2.75) is 19.5 Å². The molecule has 3 aromatic rings. The van der Waals surface area contributed by atoms with Crippen LogP contribution in [0.1, 0.15) is 28.8 Å². The van der Waals surface area contributed by atoms with E-state index in [0.29, 0.717) is 28.7 Å². The summed E-state index contributed by atoms with van der Waals surface area (Å²) in [6.45, 7) is 1.84. The molecule has 0 radical (unpaired) electrons. The van der Waals surface area contributed by atoms with Crippen LogP contribution in [0.2, 0.25) is 0 Å². The van der Waals surface area contributed by atoms with Crippen molar-refractivity contribution in [2.75, 3.05) is 14.2 Å². The highest BCUT2D eigenvalue weighted by atomic mass is 16.5. The van der Waals surface area contributed by atoms with E-state index in [1.807, 2.05) is 0 Å². The van der Waals surface area contributed by atoms with E-state index in [1.165, 1.54) is 19.1 Å². The normalized spacial score (nSPS) is 17.6. The molecule has 3 heterocycles. The first-order chi connectivity index (χ1) is 15.4. The molecular weight excluding hydrogens is 412 g/mol. The van der Waals surface area contributed by atoms with E-state index >= 15 is 0 Å². The standard InChI is InChI=1S/C24H22N2O6/c1-14-7-10-18(32-14)21-20(22(27)17-9-8-16(30-2)12-19(17)31-3)23(28)24(29)26(21)13-15-6-4-5-11-25-15/h4-12,21,27H,13H2,1-3H3/b22-20-. The van der Waals surface area contributed by atoms with E-state index in [9.17, 15) is 14.7 Å². The second-order valence-corrected chi connectivity index (χ2v) is 7.26. The molecule has 1 unspecified atom stereocenters. The quantitative estimate of drug-likeness (QED) is 0.359. The van der Waals surface area contributed by atoms with Gasteiger partial charge in [-0.1, -0.05) is 6.07 Å². The maximum Gasteiger partial charge on any atom is 0.296 e. The number of ether oxygens (including phenoxy) is 2. The summed E-state index contributed by atoms with van der Waals surface area (Å²) in [5, 5.41) is 11.2. The van der Waals surface area contributed by atoms with Crippen molar-refractivity contribution in [3.63, 3.8) is 0 Å². The van der Waals surface area contributed by atoms with Crippen LogP contribution >= 0.6 is 0 Å². The minimum atomic E-state index is -0.919. The molecule has 0 spiro atoms. The molecule has 1 atom stereocenters. The summed E-state index contributed by atoms with van der Waals surface area (Å²) in [6, 6.07) is 12.6. The first-order valence-corrected chi connectivity index (χ1v) is 9.91. The summed E-state index contributed by atoms with van der Waals surface area (Å²) in [5.41, 5.74) is 0.783. The smallest absolute Gasteiger partial charge is 0.296 e. The maximum absolute atomic E-state index is 13.1. The number of pyridine rings is 1. The number of aryl methyl sites for hydroxylation is 1. The van der Waals surface area contributed by atoms with Crippen LogP contribution in [-0.2, 0) is 16.1 Å². The number of ketones is 1. The van der Waals surface area contributed by atoms with Crippen LogP contribution in [0.5, 0.6) is 11.5 Å². The first kappa shape index (κ1) is 21.2. The number of methoxy groups -OCH3 is 2. The third-order valence-electron chi connectivity index (χ3n) is 5.29. The summed E-state index contributed by atoms with van der Waals surface area (Å²) >= 11 is 0. The topological polar surface area (TPSA) is 102 Å². The van der Waals surface area contributed by atoms with Gasteiger partial charge in [-0.3, -0.25) is 14.6 Å². The number of Topliss-reactive ketones (excluding diaryl/α,β-unsaturated/α-hetero) is 1. The number of carbonyl (C=O) groups is 2. The Bertz CT molecular complexity index is 1200. The van der Waals surface area contributed by atoms with Crippen molar-refractivity contribution in [2.24, 2.45) is 0 Å². The fourth-order valence-corrected chi connectivity index (χ4v) is 3.74. The van der Waals surface area contributed by atoms with Crippen molar-refractivity contribution in [1.29, 1.82) is 0 Å². The SMILES string of the molecule is COc1ccc(/C(O)=C2/C(=O)C(=O)N(Cc3ccccn3)C2c2ccc(C)o2)c(OC)c1. The number of amides is 1. The van der Waals surface area contributed by atoms with Crippen LogP contribution in [0.15, 0.2) is 64.7 Å². The van der Waals surface area contributed by atoms with Crippen LogP contribution in [-0.4, -0.2) is 40.9 Å². The molecule has 2 aromatic heterocycles. The molecule has 8 heteroatoms. The third kappa shape index (κ3) is 3.71. The van der Waals surface area contributed by atoms with Gasteiger partial charge in [0.15, 0.2) is 0 Å². The van der Waals surface area contributed by atoms with Crippen molar-refractivity contribution in [3.05, 3.63) is 83.1 Å². The van der Waals surface area contributed by atoms with Crippen molar-refractivity contribution < 1.29 is 28.6 Å². The third-order valence-corrected chi connectivity index (χ3v) is 5.29. The zero-order valence-corrected chi connectivity index (χ0v) is 17.9. The molecule has 1 aliphatic rings. The van der Waals surface area contributed by atoms with Gasteiger partial charge in [0.1, 0.15) is 34.8 Å². The lowest BCUT2D eigenvalue weighted by atomic mass is 9.98. The number of aromatic nitrogens is 1. The molecule has 1 aliphatic heterocycles. The Hall–Kier alpha value is -4.07. The van der Waals surface area contributed by atoms with Gasteiger partial charge in [0.05, 0.1) is 37.6 Å². The molecule has 1 saturated heterocycles. The number of carbonyl (C=O) groups excluding carboxylic acids is 2. The van der Waals surface area contributed by atoms with Crippen molar-refractivity contribution in [3.8, 4) is 11.5 Å². The highest BCUT2D eigenvalue weighted by molar-refractivity contribution is 6.46. The van der Waals surface area contributed by atoms with Gasteiger partial charge in [0.25, 0.3) is 11.7 Å². The van der Waals surface area contributed by atoms with E-state index in [2.05, 4.69) is 4.98 Å². The van der Waals surface area contributed by atoms with E-state index in [0.717, 1.165) is 0 Å². The Balaban J connectivity index is 1.87. The average Bonchev–Trinajstić information content (AvgIpc) is 3.35. The summed E-state index contributed by atoms with van der Waals surface area (Å²) in [4.78, 5) is 31.7. The molecule has 32 heavy (non-hydrogen) atoms. The fourth-order valence-electron chi connectivity index (χ4n) is 3.74. The van der Waals surface area contributed by atoms with Gasteiger partial charge in [0, 0.05) is 12.3 Å². The highest BCUT2D eigenvalue weighted by Gasteiger charge is 2.48. The molecule has 4 rings (SSSR count). The Labute approximate surface area is 184 Å². The first-order valence-electron chi connectivity index (χ1n) is 9.91. The molecule has 8 nitrogen and oxygen atoms in total. The van der Waals surface area contributed by atoms with Crippen LogP contribution < -0.4 is 9.47 Å². The van der Waals surface area contributed by atoms with Gasteiger partial charge in [-0.25, -0.2) is 0 Å². The number of rotatable bonds is 6. The summed E-state index contributed by atoms with van der Waals surface area (Å²) in [5.74, 6) is -0.110. The fraction of sp³-hybridized carbons (Fsp3) is 0.208. The largest absolute Gasteiger partial charge is 0.507 e. The molecule has 1 amide bonds. The van der Waals surface area contributed by atoms with Gasteiger partial charge >= 0.3 is 0 Å². The molecule has 1 fully saturated rings. The molecule has 0 aliphatic carbocycles. The van der Waals surface area contributed by atoms with Crippen molar-refractivity contribution in [1.82, 2.24) is 9.88 Å². The Morgan fingerprint density at radius 1 is 1.12 bits per heavy atom. The van der Waals surface area contributed by atoms with Crippen LogP contribution in [0.4, 0.5) is 0 Å². The summed E-state index contributed by atoms with van der Waals surface area (Å²) in [6.07, 6.45) is 1.61. The predicted octanol–water partition coefficient (Wildman–Crippen LogP) is 3.62. The number of likely N-dealkylation sites (tertiary alicyclic amines) is 1. The monoisotopic (exact) mass is 434 g/mol. The average molecular weight is 434 g/mol. The zero-order valence-electron chi connectivity index (χ0n) is 17.9. The zero-order chi connectivity index (χ0) is 22.8. The number of hydrogen-bond acceptors (Lipinski definition) is 7. The lowest BCUT2D eigenvalue weighted by Gasteiger charge is -2.23. The van der Waals surface area contributed by atoms with Gasteiger partial charge in [-0.2, -0.15) is 0 Å². The second kappa shape index (κ2) is 8.58. The molecule has 0 saturated carbocycles. The number of aliphatic hydroxyl groups excluding tert-OH is 1. The number of benzene rings is 1. The number of aliphatic hydroxyl groups is 1. The Morgan fingerprint density at radius 2 is 1.94 bits per heavy atom. The maximum atomic E-state index is 13.1. The minimum absolute atomic E-state index is 0.0757. The Kier molecular flexibility index (Phi) is 5.68. The number of hydrogen-bond donors (Lipinski definition) is 1. The van der Waals surface area contributed by atoms with Crippen LogP contribution in [0.3, 0.4) is 0 Å². The molecular formula is C24H22N2O6. The lowest BCUT2D eigenvalue weighted by molar-refractivity contribution is -0.140. The number of furan rings is 1. The molecule has 164 valence electrons. The predicted molar refractivity (Wildman–Crippen MR) is 115 cm³/mol. The minimum Gasteiger partial charge on any atom is -0.507 e. The van der Waals surface area contributed by atoms with Gasteiger partial charge in [-0.05, 0) is 43.3 Å². The van der Waals surface area contributed by atoms with E-state index < -0.39 is 17.7 Å². The second-order valence-electron chi connectivity index (χ2n) is 7.26. The molecule has 0 bridgehead atoms. The van der Waals surface area contributed by atoms with E-state index in [4.69, 9.17) is 13.9 Å². The molecule has 1 N–H and O–H groups in total.